The third kappa shape index (κ3) is 4.71. The lowest BCUT2D eigenvalue weighted by Gasteiger charge is -2.20. The summed E-state index contributed by atoms with van der Waals surface area (Å²) < 4.78 is 14.3. The van der Waals surface area contributed by atoms with Crippen LogP contribution in [0.2, 0.25) is 0 Å². The van der Waals surface area contributed by atoms with Gasteiger partial charge >= 0.3 is 0 Å². The van der Waals surface area contributed by atoms with Crippen molar-refractivity contribution in [2.75, 3.05) is 10.7 Å². The minimum Gasteiger partial charge on any atom is -0.283 e. The highest BCUT2D eigenvalue weighted by Gasteiger charge is 2.21. The molecule has 0 aliphatic heterocycles. The Hall–Kier alpha value is -2.70. The van der Waals surface area contributed by atoms with Crippen molar-refractivity contribution in [1.82, 2.24) is 4.98 Å². The minimum absolute atomic E-state index is 0.0263. The van der Waals surface area contributed by atoms with Crippen molar-refractivity contribution in [2.45, 2.75) is 25.3 Å². The van der Waals surface area contributed by atoms with Crippen LogP contribution in [0.3, 0.4) is 0 Å². The van der Waals surface area contributed by atoms with E-state index in [4.69, 9.17) is 4.98 Å². The number of thioether (sulfide) groups is 1. The van der Waals surface area contributed by atoms with Gasteiger partial charge < -0.3 is 0 Å². The first-order valence-corrected chi connectivity index (χ1v) is 11.4. The highest BCUT2D eigenvalue weighted by atomic mass is 32.2. The van der Waals surface area contributed by atoms with Crippen molar-refractivity contribution in [3.8, 4) is 0 Å². The van der Waals surface area contributed by atoms with E-state index < -0.39 is 0 Å². The van der Waals surface area contributed by atoms with E-state index >= 15 is 0 Å². The Labute approximate surface area is 183 Å². The number of fused-ring (bicyclic) bond motifs is 1. The van der Waals surface area contributed by atoms with Gasteiger partial charge in [-0.1, -0.05) is 47.7 Å². The first-order chi connectivity index (χ1) is 14.5. The van der Waals surface area contributed by atoms with E-state index in [1.807, 2.05) is 30.3 Å². The molecule has 3 nitrogen and oxygen atoms in total. The molecule has 0 radical (unpaired) electrons. The summed E-state index contributed by atoms with van der Waals surface area (Å²) in [6.45, 7) is 4.59. The Balaban J connectivity index is 1.63. The van der Waals surface area contributed by atoms with Crippen LogP contribution in [0.5, 0.6) is 0 Å². The normalized spacial score (nSPS) is 11.0. The first kappa shape index (κ1) is 20.6. The zero-order valence-electron chi connectivity index (χ0n) is 16.8. The fourth-order valence-corrected chi connectivity index (χ4v) is 5.07. The number of aryl methyl sites for hydroxylation is 2. The molecule has 0 aliphatic rings. The SMILES string of the molecule is Cc1cc(C)c2sc(N(Cc3ccccc3)C(=O)CSc3ccc(F)cc3)nc2c1. The molecule has 4 rings (SSSR count). The number of carbonyl (C=O) groups is 1. The topological polar surface area (TPSA) is 33.2 Å². The standard InChI is InChI=1S/C24H21FN2OS2/c1-16-12-17(2)23-21(13-16)26-24(30-23)27(14-18-6-4-3-5-7-18)22(28)15-29-20-10-8-19(25)9-11-20/h3-13H,14-15H2,1-2H3. The van der Waals surface area contributed by atoms with Crippen molar-refractivity contribution in [1.29, 1.82) is 0 Å². The average molecular weight is 437 g/mol. The van der Waals surface area contributed by atoms with Crippen LogP contribution in [0.25, 0.3) is 10.2 Å². The molecule has 0 atom stereocenters. The largest absolute Gasteiger partial charge is 0.283 e. The lowest BCUT2D eigenvalue weighted by atomic mass is 10.1. The number of aromatic nitrogens is 1. The quantitative estimate of drug-likeness (QED) is 0.329. The molecule has 6 heteroatoms. The van der Waals surface area contributed by atoms with Gasteiger partial charge in [0.25, 0.3) is 0 Å². The molecule has 0 saturated heterocycles. The van der Waals surface area contributed by atoms with E-state index in [-0.39, 0.29) is 17.5 Å². The molecular formula is C24H21FN2OS2. The van der Waals surface area contributed by atoms with Crippen LogP contribution in [-0.4, -0.2) is 16.6 Å². The lowest BCUT2D eigenvalue weighted by Crippen LogP contribution is -2.31. The maximum absolute atomic E-state index is 13.2. The van der Waals surface area contributed by atoms with E-state index in [1.54, 1.807) is 28.4 Å². The molecule has 0 bridgehead atoms. The predicted molar refractivity (Wildman–Crippen MR) is 124 cm³/mol. The van der Waals surface area contributed by atoms with E-state index in [9.17, 15) is 9.18 Å². The van der Waals surface area contributed by atoms with Gasteiger partial charge in [0.05, 0.1) is 22.5 Å². The molecule has 30 heavy (non-hydrogen) atoms. The van der Waals surface area contributed by atoms with Gasteiger partial charge in [0, 0.05) is 4.90 Å². The first-order valence-electron chi connectivity index (χ1n) is 9.60. The zero-order valence-corrected chi connectivity index (χ0v) is 18.4. The molecule has 0 N–H and O–H groups in total. The second-order valence-electron chi connectivity index (χ2n) is 7.13. The highest BCUT2D eigenvalue weighted by Crippen LogP contribution is 2.33. The summed E-state index contributed by atoms with van der Waals surface area (Å²) in [6.07, 6.45) is 0. The van der Waals surface area contributed by atoms with Crippen molar-refractivity contribution >= 4 is 44.4 Å². The smallest absolute Gasteiger partial charge is 0.239 e. The molecule has 0 unspecified atom stereocenters. The molecule has 4 aromatic rings. The van der Waals surface area contributed by atoms with Gasteiger partial charge in [0.15, 0.2) is 5.13 Å². The zero-order chi connectivity index (χ0) is 21.1. The van der Waals surface area contributed by atoms with Gasteiger partial charge in [-0.25, -0.2) is 9.37 Å². The van der Waals surface area contributed by atoms with E-state index in [0.717, 1.165) is 26.2 Å². The summed E-state index contributed by atoms with van der Waals surface area (Å²) in [5, 5.41) is 0.701. The maximum atomic E-state index is 13.2. The number of thiazole rings is 1. The van der Waals surface area contributed by atoms with E-state index in [2.05, 4.69) is 26.0 Å². The molecule has 0 aliphatic carbocycles. The Kier molecular flexibility index (Phi) is 6.16. The molecular weight excluding hydrogens is 415 g/mol. The summed E-state index contributed by atoms with van der Waals surface area (Å²) in [5.41, 5.74) is 4.29. The maximum Gasteiger partial charge on any atom is 0.239 e. The fourth-order valence-electron chi connectivity index (χ4n) is 3.26. The summed E-state index contributed by atoms with van der Waals surface area (Å²) in [5.74, 6) is -0.0509. The molecule has 0 fully saturated rings. The summed E-state index contributed by atoms with van der Waals surface area (Å²) in [4.78, 5) is 20.6. The Bertz CT molecular complexity index is 1170. The average Bonchev–Trinajstić information content (AvgIpc) is 3.16. The van der Waals surface area contributed by atoms with Gasteiger partial charge in [0.2, 0.25) is 5.91 Å². The number of rotatable bonds is 6. The molecule has 1 heterocycles. The van der Waals surface area contributed by atoms with Gasteiger partial charge in [-0.05, 0) is 60.9 Å². The third-order valence-corrected chi connectivity index (χ3v) is 6.93. The molecule has 1 amide bonds. The highest BCUT2D eigenvalue weighted by molar-refractivity contribution is 8.00. The molecule has 0 saturated carbocycles. The van der Waals surface area contributed by atoms with Crippen LogP contribution in [0.15, 0.2) is 71.6 Å². The third-order valence-electron chi connectivity index (χ3n) is 4.70. The fraction of sp³-hybridized carbons (Fsp3) is 0.167. The predicted octanol–water partition coefficient (Wildman–Crippen LogP) is 6.38. The molecule has 152 valence electrons. The second-order valence-corrected chi connectivity index (χ2v) is 9.16. The Morgan fingerprint density at radius 3 is 2.53 bits per heavy atom. The number of carbonyl (C=O) groups excluding carboxylic acids is 1. The van der Waals surface area contributed by atoms with Crippen molar-refractivity contribution in [3.05, 3.63) is 89.2 Å². The van der Waals surface area contributed by atoms with Gasteiger partial charge in [-0.3, -0.25) is 9.69 Å². The number of amides is 1. The van der Waals surface area contributed by atoms with Gasteiger partial charge in [-0.15, -0.1) is 11.8 Å². The number of hydrogen-bond acceptors (Lipinski definition) is 4. The number of nitrogens with zero attached hydrogens (tertiary/aromatic N) is 2. The number of benzene rings is 3. The van der Waals surface area contributed by atoms with Crippen LogP contribution >= 0.6 is 23.1 Å². The van der Waals surface area contributed by atoms with Gasteiger partial charge in [0.1, 0.15) is 5.82 Å². The Morgan fingerprint density at radius 2 is 1.80 bits per heavy atom. The molecule has 1 aromatic heterocycles. The van der Waals surface area contributed by atoms with Crippen LogP contribution in [-0.2, 0) is 11.3 Å². The minimum atomic E-state index is -0.281. The van der Waals surface area contributed by atoms with Crippen LogP contribution in [0.1, 0.15) is 16.7 Å². The van der Waals surface area contributed by atoms with Gasteiger partial charge in [-0.2, -0.15) is 0 Å². The van der Waals surface area contributed by atoms with Crippen LogP contribution in [0, 0.1) is 19.7 Å². The number of halogens is 1. The van der Waals surface area contributed by atoms with Crippen LogP contribution in [0.4, 0.5) is 9.52 Å². The summed E-state index contributed by atoms with van der Waals surface area (Å²) in [7, 11) is 0. The molecule has 0 spiro atoms. The summed E-state index contributed by atoms with van der Waals surface area (Å²) in [6, 6.07) is 20.3. The number of anilines is 1. The van der Waals surface area contributed by atoms with E-state index in [0.29, 0.717) is 11.7 Å². The second kappa shape index (κ2) is 8.98. The Morgan fingerprint density at radius 1 is 1.07 bits per heavy atom. The van der Waals surface area contributed by atoms with Crippen molar-refractivity contribution in [3.63, 3.8) is 0 Å². The summed E-state index contributed by atoms with van der Waals surface area (Å²) >= 11 is 2.95. The van der Waals surface area contributed by atoms with E-state index in [1.165, 1.54) is 29.5 Å². The monoisotopic (exact) mass is 436 g/mol. The van der Waals surface area contributed by atoms with Crippen LogP contribution < -0.4 is 4.90 Å². The van der Waals surface area contributed by atoms with Crippen molar-refractivity contribution < 1.29 is 9.18 Å². The van der Waals surface area contributed by atoms with Crippen molar-refractivity contribution in [2.24, 2.45) is 0 Å². The molecule has 3 aromatic carbocycles. The number of hydrogen-bond donors (Lipinski definition) is 0. The lowest BCUT2D eigenvalue weighted by molar-refractivity contribution is -0.116.